The topological polar surface area (TPSA) is 72.3 Å². The molecule has 0 saturated heterocycles. The molecular weight excluding hydrogens is 277 g/mol. The molecule has 0 amide bonds. The van der Waals surface area contributed by atoms with E-state index in [4.69, 9.17) is 9.84 Å². The molecule has 0 bridgehead atoms. The Labute approximate surface area is 111 Å². The van der Waals surface area contributed by atoms with Gasteiger partial charge in [0.25, 0.3) is 0 Å². The first-order valence-corrected chi connectivity index (χ1v) is 5.57. The number of ether oxygens (including phenoxy) is 1. The largest absolute Gasteiger partial charge is 0.490 e. The second kappa shape index (κ2) is 5.32. The average Bonchev–Trinajstić information content (AvgIpc) is 2.37. The van der Waals surface area contributed by atoms with Crippen molar-refractivity contribution in [1.29, 1.82) is 0 Å². The Hall–Kier alpha value is -2.38. The number of halogens is 3. The third-order valence-electron chi connectivity index (χ3n) is 2.46. The lowest BCUT2D eigenvalue weighted by molar-refractivity contribution is -0.139. The maximum absolute atomic E-state index is 12.1. The Morgan fingerprint density at radius 1 is 1.25 bits per heavy atom. The highest BCUT2D eigenvalue weighted by atomic mass is 19.4. The smallest absolute Gasteiger partial charge is 0.392 e. The summed E-state index contributed by atoms with van der Waals surface area (Å²) in [6.07, 6.45) is -5.55. The zero-order valence-corrected chi connectivity index (χ0v) is 10.0. The van der Waals surface area contributed by atoms with Crippen LogP contribution in [0.1, 0.15) is 16.9 Å². The molecule has 0 fully saturated rings. The van der Waals surface area contributed by atoms with Gasteiger partial charge in [0, 0.05) is 5.39 Å². The van der Waals surface area contributed by atoms with Gasteiger partial charge < -0.3 is 9.84 Å². The summed E-state index contributed by atoms with van der Waals surface area (Å²) in [5.74, 6) is -1.61. The van der Waals surface area contributed by atoms with Crippen molar-refractivity contribution in [2.45, 2.75) is 12.6 Å². The molecule has 0 aliphatic carbocycles. The van der Waals surface area contributed by atoms with Crippen molar-refractivity contribution < 1.29 is 27.8 Å². The van der Waals surface area contributed by atoms with Gasteiger partial charge in [0.2, 0.25) is 5.69 Å². The maximum Gasteiger partial charge on any atom is 0.392 e. The van der Waals surface area contributed by atoms with Crippen molar-refractivity contribution in [3.8, 4) is 5.75 Å². The molecular formula is C12H9F3N2O3. The lowest BCUT2D eigenvalue weighted by Crippen LogP contribution is -2.15. The van der Waals surface area contributed by atoms with Crippen LogP contribution in [0, 0.1) is 0 Å². The first-order chi connectivity index (χ1) is 9.38. The normalized spacial score (nSPS) is 11.6. The van der Waals surface area contributed by atoms with Crippen LogP contribution in [0.4, 0.5) is 13.2 Å². The van der Waals surface area contributed by atoms with Crippen LogP contribution in [0.15, 0.2) is 24.3 Å². The molecule has 20 heavy (non-hydrogen) atoms. The van der Waals surface area contributed by atoms with Gasteiger partial charge in [-0.1, -0.05) is 12.1 Å². The third-order valence-corrected chi connectivity index (χ3v) is 2.46. The zero-order valence-electron chi connectivity index (χ0n) is 10.0. The van der Waals surface area contributed by atoms with Gasteiger partial charge in [0.05, 0.1) is 18.5 Å². The fraction of sp³-hybridized carbons (Fsp3) is 0.250. The van der Waals surface area contributed by atoms with Gasteiger partial charge in [0.15, 0.2) is 5.75 Å². The molecule has 0 aliphatic rings. The van der Waals surface area contributed by atoms with Crippen molar-refractivity contribution in [2.24, 2.45) is 0 Å². The number of hydrogen-bond donors (Lipinski definition) is 1. The van der Waals surface area contributed by atoms with Crippen LogP contribution in [0.2, 0.25) is 0 Å². The molecule has 5 nitrogen and oxygen atoms in total. The summed E-state index contributed by atoms with van der Waals surface area (Å²) < 4.78 is 41.3. The van der Waals surface area contributed by atoms with Gasteiger partial charge in [-0.25, -0.2) is 4.79 Å². The molecule has 1 heterocycles. The van der Waals surface area contributed by atoms with Crippen LogP contribution in [-0.2, 0) is 0 Å². The second-order valence-corrected chi connectivity index (χ2v) is 3.91. The lowest BCUT2D eigenvalue weighted by Gasteiger charge is -2.11. The summed E-state index contributed by atoms with van der Waals surface area (Å²) in [5.41, 5.74) is -0.162. The number of aromatic nitrogens is 2. The van der Waals surface area contributed by atoms with Crippen LogP contribution in [0.25, 0.3) is 10.9 Å². The number of alkyl halides is 3. The quantitative estimate of drug-likeness (QED) is 0.935. The Morgan fingerprint density at radius 2 is 1.95 bits per heavy atom. The molecule has 106 valence electrons. The summed E-state index contributed by atoms with van der Waals surface area (Å²) in [7, 11) is 0. The summed E-state index contributed by atoms with van der Waals surface area (Å²) in [6.45, 7) is -0.681. The SMILES string of the molecule is O=C(O)c1nnc2ccccc2c1OCCC(F)(F)F. The fourth-order valence-electron chi connectivity index (χ4n) is 1.58. The van der Waals surface area contributed by atoms with E-state index in [9.17, 15) is 18.0 Å². The van der Waals surface area contributed by atoms with Crippen LogP contribution in [-0.4, -0.2) is 34.1 Å². The number of rotatable bonds is 4. The van der Waals surface area contributed by atoms with E-state index in [-0.39, 0.29) is 5.75 Å². The lowest BCUT2D eigenvalue weighted by atomic mass is 10.2. The molecule has 2 aromatic rings. The second-order valence-electron chi connectivity index (χ2n) is 3.91. The minimum Gasteiger partial charge on any atom is -0.490 e. The number of benzene rings is 1. The van der Waals surface area contributed by atoms with Gasteiger partial charge in [-0.2, -0.15) is 13.2 Å². The highest BCUT2D eigenvalue weighted by Gasteiger charge is 2.27. The van der Waals surface area contributed by atoms with Gasteiger partial charge >= 0.3 is 12.1 Å². The molecule has 0 aliphatic heterocycles. The standard InChI is InChI=1S/C12H9F3N2O3/c13-12(14,15)5-6-20-10-7-3-1-2-4-8(7)16-17-9(10)11(18)19/h1-4H,5-6H2,(H,18,19). The van der Waals surface area contributed by atoms with Crippen LogP contribution in [0.5, 0.6) is 5.75 Å². The first-order valence-electron chi connectivity index (χ1n) is 5.57. The van der Waals surface area contributed by atoms with Crippen LogP contribution < -0.4 is 4.74 Å². The number of nitrogens with zero attached hydrogens (tertiary/aromatic N) is 2. The molecule has 1 N–H and O–H groups in total. The van der Waals surface area contributed by atoms with Crippen LogP contribution >= 0.6 is 0 Å². The van der Waals surface area contributed by atoms with Crippen molar-refractivity contribution in [1.82, 2.24) is 10.2 Å². The van der Waals surface area contributed by atoms with E-state index in [1.54, 1.807) is 18.2 Å². The first kappa shape index (κ1) is 14.0. The molecule has 8 heteroatoms. The highest BCUT2D eigenvalue weighted by molar-refractivity contribution is 5.96. The maximum atomic E-state index is 12.1. The summed E-state index contributed by atoms with van der Waals surface area (Å²) >= 11 is 0. The Morgan fingerprint density at radius 3 is 2.60 bits per heavy atom. The number of carbonyl (C=O) groups is 1. The molecule has 2 rings (SSSR count). The van der Waals surface area contributed by atoms with Gasteiger partial charge in [-0.15, -0.1) is 10.2 Å². The van der Waals surface area contributed by atoms with E-state index >= 15 is 0 Å². The predicted molar refractivity (Wildman–Crippen MR) is 62.7 cm³/mol. The Balaban J connectivity index is 2.37. The fourth-order valence-corrected chi connectivity index (χ4v) is 1.58. The van der Waals surface area contributed by atoms with E-state index in [1.807, 2.05) is 0 Å². The average molecular weight is 286 g/mol. The number of carboxylic acid groups (broad SMARTS) is 1. The van der Waals surface area contributed by atoms with Crippen molar-refractivity contribution in [3.05, 3.63) is 30.0 Å². The number of carboxylic acids is 1. The van der Waals surface area contributed by atoms with Gasteiger partial charge in [-0.3, -0.25) is 0 Å². The van der Waals surface area contributed by atoms with Crippen LogP contribution in [0.3, 0.4) is 0 Å². The highest BCUT2D eigenvalue weighted by Crippen LogP contribution is 2.28. The monoisotopic (exact) mass is 286 g/mol. The van der Waals surface area contributed by atoms with E-state index in [1.165, 1.54) is 6.07 Å². The summed E-state index contributed by atoms with van der Waals surface area (Å²) in [5, 5.41) is 16.4. The van der Waals surface area contributed by atoms with Crippen molar-refractivity contribution in [3.63, 3.8) is 0 Å². The minimum atomic E-state index is -4.38. The Kier molecular flexibility index (Phi) is 3.73. The van der Waals surface area contributed by atoms with Gasteiger partial charge in [0.1, 0.15) is 0 Å². The third kappa shape index (κ3) is 3.14. The van der Waals surface area contributed by atoms with Crippen molar-refractivity contribution in [2.75, 3.05) is 6.61 Å². The number of fused-ring (bicyclic) bond motifs is 1. The van der Waals surface area contributed by atoms with E-state index in [2.05, 4.69) is 10.2 Å². The van der Waals surface area contributed by atoms with E-state index < -0.39 is 30.9 Å². The summed E-state index contributed by atoms with van der Waals surface area (Å²) in [6, 6.07) is 6.33. The Bertz CT molecular complexity index is 643. The predicted octanol–water partition coefficient (Wildman–Crippen LogP) is 2.66. The van der Waals surface area contributed by atoms with Gasteiger partial charge in [-0.05, 0) is 12.1 Å². The molecule has 1 aromatic carbocycles. The number of hydrogen-bond acceptors (Lipinski definition) is 4. The molecule has 1 aromatic heterocycles. The van der Waals surface area contributed by atoms with E-state index in [0.29, 0.717) is 10.9 Å². The minimum absolute atomic E-state index is 0.202. The molecule has 0 atom stereocenters. The molecule has 0 saturated carbocycles. The zero-order chi connectivity index (χ0) is 14.8. The van der Waals surface area contributed by atoms with E-state index in [0.717, 1.165) is 0 Å². The van der Waals surface area contributed by atoms with Crippen molar-refractivity contribution >= 4 is 16.9 Å². The molecule has 0 unspecified atom stereocenters. The molecule has 0 spiro atoms. The molecule has 0 radical (unpaired) electrons. The number of aromatic carboxylic acids is 1. The summed E-state index contributed by atoms with van der Waals surface area (Å²) in [4.78, 5) is 11.0.